The van der Waals surface area contributed by atoms with E-state index in [4.69, 9.17) is 4.74 Å². The largest absolute Gasteiger partial charge is 0.476 e. The predicted octanol–water partition coefficient (Wildman–Crippen LogP) is 1.74. The Morgan fingerprint density at radius 3 is 3.18 bits per heavy atom. The van der Waals surface area contributed by atoms with Gasteiger partial charge < -0.3 is 15.0 Å². The maximum absolute atomic E-state index is 5.61. The standard InChI is InChI=1S/C11H15N5O/c1-3-4-5-6-17-10-8-9(14-7-13-8)15-11(12-2)16-10/h3,7H,1,4-6H2,2H3,(H2,12,13,14,15,16). The molecule has 2 aromatic rings. The zero-order valence-corrected chi connectivity index (χ0v) is 9.73. The van der Waals surface area contributed by atoms with Gasteiger partial charge in [0.05, 0.1) is 12.9 Å². The molecule has 0 radical (unpaired) electrons. The number of hydrogen-bond donors (Lipinski definition) is 2. The molecule has 0 saturated heterocycles. The summed E-state index contributed by atoms with van der Waals surface area (Å²) in [6, 6.07) is 0. The van der Waals surface area contributed by atoms with E-state index in [1.807, 2.05) is 6.08 Å². The Balaban J connectivity index is 2.18. The molecule has 0 aliphatic carbocycles. The van der Waals surface area contributed by atoms with Crippen molar-refractivity contribution in [3.05, 3.63) is 19.0 Å². The zero-order valence-electron chi connectivity index (χ0n) is 9.73. The van der Waals surface area contributed by atoms with Crippen molar-refractivity contribution in [1.82, 2.24) is 19.9 Å². The Kier molecular flexibility index (Phi) is 3.54. The fourth-order valence-electron chi connectivity index (χ4n) is 1.42. The SMILES string of the molecule is C=CCCCOc1nc(NC)nc2nc[nH]c12. The van der Waals surface area contributed by atoms with E-state index in [1.54, 1.807) is 13.4 Å². The van der Waals surface area contributed by atoms with Gasteiger partial charge in [0, 0.05) is 7.05 Å². The molecular formula is C11H15N5O. The van der Waals surface area contributed by atoms with Crippen molar-refractivity contribution in [2.24, 2.45) is 0 Å². The lowest BCUT2D eigenvalue weighted by atomic mass is 10.3. The Morgan fingerprint density at radius 1 is 1.53 bits per heavy atom. The van der Waals surface area contributed by atoms with Crippen LogP contribution >= 0.6 is 0 Å². The van der Waals surface area contributed by atoms with E-state index in [0.717, 1.165) is 18.4 Å². The monoisotopic (exact) mass is 233 g/mol. The number of nitrogens with one attached hydrogen (secondary N) is 2. The quantitative estimate of drug-likeness (QED) is 0.587. The van der Waals surface area contributed by atoms with Crippen LogP contribution < -0.4 is 10.1 Å². The molecule has 0 aromatic carbocycles. The van der Waals surface area contributed by atoms with E-state index in [9.17, 15) is 0 Å². The molecular weight excluding hydrogens is 218 g/mol. The molecule has 2 aromatic heterocycles. The summed E-state index contributed by atoms with van der Waals surface area (Å²) in [4.78, 5) is 15.5. The highest BCUT2D eigenvalue weighted by Crippen LogP contribution is 2.20. The van der Waals surface area contributed by atoms with E-state index >= 15 is 0 Å². The van der Waals surface area contributed by atoms with Gasteiger partial charge in [-0.15, -0.1) is 6.58 Å². The summed E-state index contributed by atoms with van der Waals surface area (Å²) in [5, 5.41) is 2.88. The molecule has 2 N–H and O–H groups in total. The maximum atomic E-state index is 5.61. The van der Waals surface area contributed by atoms with Crippen molar-refractivity contribution < 1.29 is 4.74 Å². The number of aromatic amines is 1. The van der Waals surface area contributed by atoms with Crippen LogP contribution in [0.5, 0.6) is 5.88 Å². The summed E-state index contributed by atoms with van der Waals surface area (Å²) >= 11 is 0. The number of imidazole rings is 1. The highest BCUT2D eigenvalue weighted by Gasteiger charge is 2.09. The average molecular weight is 233 g/mol. The van der Waals surface area contributed by atoms with Crippen LogP contribution in [0.15, 0.2) is 19.0 Å². The molecule has 6 heteroatoms. The second-order valence-corrected chi connectivity index (χ2v) is 3.48. The fraction of sp³-hybridized carbons (Fsp3) is 0.364. The number of hydrogen-bond acceptors (Lipinski definition) is 5. The molecule has 2 heterocycles. The van der Waals surface area contributed by atoms with Crippen LogP contribution in [0.25, 0.3) is 11.2 Å². The second kappa shape index (κ2) is 5.29. The third-order valence-corrected chi connectivity index (χ3v) is 2.27. The summed E-state index contributed by atoms with van der Waals surface area (Å²) in [5.41, 5.74) is 1.32. The van der Waals surface area contributed by atoms with Gasteiger partial charge in [-0.1, -0.05) is 6.08 Å². The highest BCUT2D eigenvalue weighted by atomic mass is 16.5. The highest BCUT2D eigenvalue weighted by molar-refractivity contribution is 5.76. The number of H-pyrrole nitrogens is 1. The summed E-state index contributed by atoms with van der Waals surface area (Å²) in [5.74, 6) is 1.03. The number of fused-ring (bicyclic) bond motifs is 1. The molecule has 0 amide bonds. The molecule has 0 atom stereocenters. The number of aromatic nitrogens is 4. The molecule has 17 heavy (non-hydrogen) atoms. The lowest BCUT2D eigenvalue weighted by Crippen LogP contribution is -2.03. The van der Waals surface area contributed by atoms with Crippen LogP contribution in [-0.4, -0.2) is 33.6 Å². The first-order valence-corrected chi connectivity index (χ1v) is 5.47. The number of allylic oxidation sites excluding steroid dienone is 1. The third-order valence-electron chi connectivity index (χ3n) is 2.27. The van der Waals surface area contributed by atoms with E-state index in [1.165, 1.54) is 0 Å². The number of unbranched alkanes of at least 4 members (excludes halogenated alkanes) is 1. The molecule has 0 bridgehead atoms. The van der Waals surface area contributed by atoms with E-state index in [0.29, 0.717) is 24.1 Å². The smallest absolute Gasteiger partial charge is 0.245 e. The van der Waals surface area contributed by atoms with Gasteiger partial charge in [0.15, 0.2) is 5.65 Å². The lowest BCUT2D eigenvalue weighted by molar-refractivity contribution is 0.304. The Hall–Kier alpha value is -2.11. The normalized spacial score (nSPS) is 10.4. The van der Waals surface area contributed by atoms with Crippen LogP contribution in [0, 0.1) is 0 Å². The summed E-state index contributed by atoms with van der Waals surface area (Å²) in [7, 11) is 1.76. The van der Waals surface area contributed by atoms with Crippen LogP contribution in [-0.2, 0) is 0 Å². The molecule has 0 spiro atoms. The Bertz CT molecular complexity index is 508. The van der Waals surface area contributed by atoms with Crippen molar-refractivity contribution in [2.45, 2.75) is 12.8 Å². The molecule has 0 aliphatic rings. The van der Waals surface area contributed by atoms with Crippen molar-refractivity contribution in [3.63, 3.8) is 0 Å². The van der Waals surface area contributed by atoms with Gasteiger partial charge in [-0.05, 0) is 12.8 Å². The van der Waals surface area contributed by atoms with Crippen LogP contribution in [0.4, 0.5) is 5.95 Å². The van der Waals surface area contributed by atoms with E-state index < -0.39 is 0 Å². The summed E-state index contributed by atoms with van der Waals surface area (Å²) in [6.45, 7) is 4.26. The van der Waals surface area contributed by atoms with E-state index in [2.05, 4.69) is 31.8 Å². The number of ether oxygens (including phenoxy) is 1. The van der Waals surface area contributed by atoms with Gasteiger partial charge in [0.25, 0.3) is 0 Å². The van der Waals surface area contributed by atoms with Crippen molar-refractivity contribution in [1.29, 1.82) is 0 Å². The molecule has 0 fully saturated rings. The lowest BCUT2D eigenvalue weighted by Gasteiger charge is -2.06. The van der Waals surface area contributed by atoms with Gasteiger partial charge in [0.2, 0.25) is 11.8 Å². The topological polar surface area (TPSA) is 75.7 Å². The molecule has 0 aliphatic heterocycles. The summed E-state index contributed by atoms with van der Waals surface area (Å²) < 4.78 is 5.61. The van der Waals surface area contributed by atoms with Gasteiger partial charge >= 0.3 is 0 Å². The van der Waals surface area contributed by atoms with Crippen LogP contribution in [0.3, 0.4) is 0 Å². The van der Waals surface area contributed by atoms with Crippen LogP contribution in [0.2, 0.25) is 0 Å². The predicted molar refractivity (Wildman–Crippen MR) is 66.2 cm³/mol. The second-order valence-electron chi connectivity index (χ2n) is 3.48. The van der Waals surface area contributed by atoms with Crippen molar-refractivity contribution >= 4 is 17.1 Å². The average Bonchev–Trinajstić information content (AvgIpc) is 2.82. The molecule has 0 unspecified atom stereocenters. The minimum absolute atomic E-state index is 0.503. The van der Waals surface area contributed by atoms with Gasteiger partial charge in [-0.25, -0.2) is 4.98 Å². The van der Waals surface area contributed by atoms with Crippen molar-refractivity contribution in [2.75, 3.05) is 19.0 Å². The number of anilines is 1. The molecule has 6 nitrogen and oxygen atoms in total. The van der Waals surface area contributed by atoms with Crippen molar-refractivity contribution in [3.8, 4) is 5.88 Å². The number of rotatable bonds is 6. The van der Waals surface area contributed by atoms with E-state index in [-0.39, 0.29) is 0 Å². The Morgan fingerprint density at radius 2 is 2.41 bits per heavy atom. The first-order valence-electron chi connectivity index (χ1n) is 5.47. The molecule has 90 valence electrons. The maximum Gasteiger partial charge on any atom is 0.245 e. The minimum atomic E-state index is 0.503. The zero-order chi connectivity index (χ0) is 12.1. The third kappa shape index (κ3) is 2.52. The first-order chi connectivity index (χ1) is 8.35. The van der Waals surface area contributed by atoms with Gasteiger partial charge in [-0.3, -0.25) is 0 Å². The Labute approximate surface area is 99.1 Å². The van der Waals surface area contributed by atoms with Crippen LogP contribution in [0.1, 0.15) is 12.8 Å². The van der Waals surface area contributed by atoms with Gasteiger partial charge in [-0.2, -0.15) is 9.97 Å². The first kappa shape index (κ1) is 11.4. The fourth-order valence-corrected chi connectivity index (χ4v) is 1.42. The molecule has 2 rings (SSSR count). The minimum Gasteiger partial charge on any atom is -0.476 e. The summed E-state index contributed by atoms with van der Waals surface area (Å²) in [6.07, 6.45) is 5.29. The molecule has 0 saturated carbocycles. The number of nitrogens with zero attached hydrogens (tertiary/aromatic N) is 3. The van der Waals surface area contributed by atoms with Gasteiger partial charge in [0.1, 0.15) is 5.52 Å².